The van der Waals surface area contributed by atoms with E-state index in [2.05, 4.69) is 10.3 Å². The van der Waals surface area contributed by atoms with Crippen molar-refractivity contribution in [2.75, 3.05) is 12.4 Å². The Hall–Kier alpha value is -4.60. The number of benzene rings is 2. The minimum absolute atomic E-state index is 0.0225. The van der Waals surface area contributed by atoms with Gasteiger partial charge in [0.05, 0.1) is 47.2 Å². The van der Waals surface area contributed by atoms with Crippen molar-refractivity contribution < 1.29 is 24.0 Å². The van der Waals surface area contributed by atoms with Gasteiger partial charge in [0, 0.05) is 17.8 Å². The molecule has 0 aliphatic carbocycles. The Kier molecular flexibility index (Phi) is 5.34. The first-order valence-electron chi connectivity index (χ1n) is 9.43. The summed E-state index contributed by atoms with van der Waals surface area (Å²) in [6, 6.07) is 13.2. The molecule has 1 aromatic heterocycles. The van der Waals surface area contributed by atoms with Gasteiger partial charge < -0.3 is 10.1 Å². The second-order valence-corrected chi connectivity index (χ2v) is 6.87. The van der Waals surface area contributed by atoms with Crippen LogP contribution in [0.1, 0.15) is 36.8 Å². The smallest absolute Gasteiger partial charge is 0.273 e. The van der Waals surface area contributed by atoms with Gasteiger partial charge in [-0.1, -0.05) is 6.07 Å². The Morgan fingerprint density at radius 3 is 2.56 bits per heavy atom. The molecule has 2 heterocycles. The predicted molar refractivity (Wildman–Crippen MR) is 112 cm³/mol. The minimum atomic E-state index is -0.575. The van der Waals surface area contributed by atoms with Gasteiger partial charge in [-0.25, -0.2) is 0 Å². The van der Waals surface area contributed by atoms with Gasteiger partial charge in [0.15, 0.2) is 0 Å². The fourth-order valence-electron chi connectivity index (χ4n) is 3.32. The van der Waals surface area contributed by atoms with Gasteiger partial charge >= 0.3 is 0 Å². The van der Waals surface area contributed by atoms with E-state index in [0.29, 0.717) is 5.69 Å². The minimum Gasteiger partial charge on any atom is -0.494 e. The summed E-state index contributed by atoms with van der Waals surface area (Å²) in [6.07, 6.45) is 1.57. The van der Waals surface area contributed by atoms with Crippen LogP contribution in [0.15, 0.2) is 60.8 Å². The van der Waals surface area contributed by atoms with E-state index >= 15 is 0 Å². The Morgan fingerprint density at radius 2 is 1.88 bits per heavy atom. The Bertz CT molecular complexity index is 1260. The van der Waals surface area contributed by atoms with Crippen molar-refractivity contribution in [3.05, 3.63) is 93.3 Å². The molecule has 1 aliphatic rings. The molecule has 0 fully saturated rings. The third-order valence-electron chi connectivity index (χ3n) is 4.92. The maximum atomic E-state index is 12.8. The third-order valence-corrected chi connectivity index (χ3v) is 4.92. The molecule has 0 bridgehead atoms. The predicted octanol–water partition coefficient (Wildman–Crippen LogP) is 3.05. The summed E-state index contributed by atoms with van der Waals surface area (Å²) in [5.41, 5.74) is 1.07. The van der Waals surface area contributed by atoms with Gasteiger partial charge in [-0.2, -0.15) is 0 Å². The second kappa shape index (κ2) is 8.26. The Morgan fingerprint density at radius 1 is 1.09 bits per heavy atom. The van der Waals surface area contributed by atoms with E-state index in [-0.39, 0.29) is 40.4 Å². The number of imide groups is 1. The zero-order chi connectivity index (χ0) is 22.8. The van der Waals surface area contributed by atoms with Crippen molar-refractivity contribution in [2.24, 2.45) is 0 Å². The first kappa shape index (κ1) is 20.7. The van der Waals surface area contributed by atoms with Crippen molar-refractivity contribution in [1.82, 2.24) is 9.88 Å². The zero-order valence-corrected chi connectivity index (χ0v) is 16.8. The number of hydrogen-bond acceptors (Lipinski definition) is 7. The van der Waals surface area contributed by atoms with Crippen molar-refractivity contribution in [2.45, 2.75) is 6.54 Å². The van der Waals surface area contributed by atoms with Crippen LogP contribution in [0, 0.1) is 10.1 Å². The third kappa shape index (κ3) is 3.76. The second-order valence-electron chi connectivity index (χ2n) is 6.87. The summed E-state index contributed by atoms with van der Waals surface area (Å²) in [6.45, 7) is 0.0225. The number of anilines is 1. The van der Waals surface area contributed by atoms with Crippen LogP contribution >= 0.6 is 0 Å². The van der Waals surface area contributed by atoms with Crippen LogP contribution in [-0.4, -0.2) is 39.6 Å². The van der Waals surface area contributed by atoms with E-state index in [0.717, 1.165) is 4.90 Å². The number of fused-ring (bicyclic) bond motifs is 1. The molecule has 160 valence electrons. The number of hydrogen-bond donors (Lipinski definition) is 1. The number of amides is 3. The molecule has 0 unspecified atom stereocenters. The number of non-ortho nitro benzene ring substituents is 1. The standard InChI is InChI=1S/C22H16N4O6/c1-32-19-11-15(26(30)31)6-8-18(19)24-20(27)13-5-7-16-17(10-13)22(29)25(21(16)28)12-14-4-2-3-9-23-14/h2-11H,12H2,1H3,(H,24,27). The molecule has 0 spiro atoms. The number of ether oxygens (including phenoxy) is 1. The molecule has 3 amide bonds. The summed E-state index contributed by atoms with van der Waals surface area (Å²) in [7, 11) is 1.32. The van der Waals surface area contributed by atoms with Crippen LogP contribution in [0.5, 0.6) is 5.75 Å². The van der Waals surface area contributed by atoms with Crippen molar-refractivity contribution in [3.8, 4) is 5.75 Å². The summed E-state index contributed by atoms with van der Waals surface area (Å²) >= 11 is 0. The van der Waals surface area contributed by atoms with Crippen LogP contribution in [0.4, 0.5) is 11.4 Å². The highest BCUT2D eigenvalue weighted by Gasteiger charge is 2.36. The maximum Gasteiger partial charge on any atom is 0.273 e. The number of nitro groups is 1. The van der Waals surface area contributed by atoms with Crippen LogP contribution in [-0.2, 0) is 6.54 Å². The molecule has 10 heteroatoms. The molecule has 0 atom stereocenters. The lowest BCUT2D eigenvalue weighted by Gasteiger charge is -2.12. The van der Waals surface area contributed by atoms with E-state index < -0.39 is 22.6 Å². The monoisotopic (exact) mass is 432 g/mol. The molecule has 3 aromatic rings. The van der Waals surface area contributed by atoms with Crippen LogP contribution < -0.4 is 10.1 Å². The Labute approximate surface area is 181 Å². The molecular formula is C22H16N4O6. The fraction of sp³-hybridized carbons (Fsp3) is 0.0909. The lowest BCUT2D eigenvalue weighted by molar-refractivity contribution is -0.384. The number of carbonyl (C=O) groups is 3. The molecule has 2 aromatic carbocycles. The number of nitrogens with one attached hydrogen (secondary N) is 1. The maximum absolute atomic E-state index is 12.8. The largest absolute Gasteiger partial charge is 0.494 e. The zero-order valence-electron chi connectivity index (χ0n) is 16.8. The molecular weight excluding hydrogens is 416 g/mol. The van der Waals surface area contributed by atoms with Crippen molar-refractivity contribution in [3.63, 3.8) is 0 Å². The van der Waals surface area contributed by atoms with Crippen molar-refractivity contribution in [1.29, 1.82) is 0 Å². The fourth-order valence-corrected chi connectivity index (χ4v) is 3.32. The molecule has 10 nitrogen and oxygen atoms in total. The summed E-state index contributed by atoms with van der Waals surface area (Å²) in [4.78, 5) is 53.8. The number of nitrogens with zero attached hydrogens (tertiary/aromatic N) is 3. The number of methoxy groups -OCH3 is 1. The van der Waals surface area contributed by atoms with E-state index in [1.54, 1.807) is 24.4 Å². The number of nitro benzene ring substituents is 1. The first-order chi connectivity index (χ1) is 15.4. The molecule has 0 saturated heterocycles. The highest BCUT2D eigenvalue weighted by molar-refractivity contribution is 6.22. The molecule has 0 saturated carbocycles. The van der Waals surface area contributed by atoms with Gasteiger partial charge in [-0.3, -0.25) is 34.4 Å². The van der Waals surface area contributed by atoms with E-state index in [1.807, 2.05) is 0 Å². The SMILES string of the molecule is COc1cc([N+](=O)[O-])ccc1NC(=O)c1ccc2c(c1)C(=O)N(Cc1ccccn1)C2=O. The molecule has 32 heavy (non-hydrogen) atoms. The van der Waals surface area contributed by atoms with Crippen LogP contribution in [0.25, 0.3) is 0 Å². The topological polar surface area (TPSA) is 132 Å². The van der Waals surface area contributed by atoms with Gasteiger partial charge in [-0.05, 0) is 36.4 Å². The van der Waals surface area contributed by atoms with Crippen molar-refractivity contribution >= 4 is 29.1 Å². The van der Waals surface area contributed by atoms with E-state index in [1.165, 1.54) is 43.5 Å². The van der Waals surface area contributed by atoms with Crippen LogP contribution in [0.2, 0.25) is 0 Å². The highest BCUT2D eigenvalue weighted by Crippen LogP contribution is 2.30. The number of carbonyl (C=O) groups excluding carboxylic acids is 3. The van der Waals surface area contributed by atoms with Crippen LogP contribution in [0.3, 0.4) is 0 Å². The number of aromatic nitrogens is 1. The molecule has 1 N–H and O–H groups in total. The average Bonchev–Trinajstić information content (AvgIpc) is 3.04. The lowest BCUT2D eigenvalue weighted by Crippen LogP contribution is -2.29. The molecule has 4 rings (SSSR count). The van der Waals surface area contributed by atoms with Gasteiger partial charge in [-0.15, -0.1) is 0 Å². The molecule has 1 aliphatic heterocycles. The summed E-state index contributed by atoms with van der Waals surface area (Å²) in [5.74, 6) is -1.43. The van der Waals surface area contributed by atoms with E-state index in [9.17, 15) is 24.5 Å². The number of pyridine rings is 1. The average molecular weight is 432 g/mol. The normalized spacial score (nSPS) is 12.5. The first-order valence-corrected chi connectivity index (χ1v) is 9.43. The Balaban J connectivity index is 1.57. The number of rotatable bonds is 6. The van der Waals surface area contributed by atoms with Gasteiger partial charge in [0.25, 0.3) is 23.4 Å². The highest BCUT2D eigenvalue weighted by atomic mass is 16.6. The quantitative estimate of drug-likeness (QED) is 0.360. The summed E-state index contributed by atoms with van der Waals surface area (Å²) in [5, 5.41) is 13.5. The van der Waals surface area contributed by atoms with E-state index in [4.69, 9.17) is 4.74 Å². The lowest BCUT2D eigenvalue weighted by atomic mass is 10.1. The molecule has 0 radical (unpaired) electrons. The van der Waals surface area contributed by atoms with Gasteiger partial charge in [0.2, 0.25) is 0 Å². The van der Waals surface area contributed by atoms with Gasteiger partial charge in [0.1, 0.15) is 5.75 Å². The summed E-state index contributed by atoms with van der Waals surface area (Å²) < 4.78 is 5.12.